The summed E-state index contributed by atoms with van der Waals surface area (Å²) in [4.78, 5) is 21.5. The molecule has 7 nitrogen and oxygen atoms in total. The highest BCUT2D eigenvalue weighted by molar-refractivity contribution is 7.90. The van der Waals surface area contributed by atoms with Gasteiger partial charge in [-0.25, -0.2) is 13.4 Å². The van der Waals surface area contributed by atoms with E-state index < -0.39 is 9.84 Å². The summed E-state index contributed by atoms with van der Waals surface area (Å²) < 4.78 is 24.4. The van der Waals surface area contributed by atoms with Gasteiger partial charge in [-0.2, -0.15) is 5.26 Å². The Morgan fingerprint density at radius 1 is 1.13 bits per heavy atom. The van der Waals surface area contributed by atoms with Crippen molar-refractivity contribution in [2.75, 3.05) is 38.3 Å². The van der Waals surface area contributed by atoms with Gasteiger partial charge in [-0.15, -0.1) is 12.4 Å². The number of amides is 1. The number of rotatable bonds is 6. The van der Waals surface area contributed by atoms with Gasteiger partial charge in [0, 0.05) is 24.9 Å². The third-order valence-corrected chi connectivity index (χ3v) is 6.44. The fourth-order valence-corrected chi connectivity index (χ4v) is 4.42. The van der Waals surface area contributed by atoms with E-state index in [1.54, 1.807) is 41.3 Å². The first-order valence-electron chi connectivity index (χ1n) is 8.76. The Morgan fingerprint density at radius 2 is 1.80 bits per heavy atom. The number of benzene rings is 2. The lowest BCUT2D eigenvalue weighted by molar-refractivity contribution is 0.0985. The molecule has 0 aliphatic carbocycles. The largest absolute Gasteiger partial charge is 0.308 e. The van der Waals surface area contributed by atoms with Crippen molar-refractivity contribution in [2.24, 2.45) is 0 Å². The van der Waals surface area contributed by atoms with Gasteiger partial charge < -0.3 is 4.90 Å². The first-order chi connectivity index (χ1) is 13.7. The highest BCUT2D eigenvalue weighted by Gasteiger charge is 2.22. The van der Waals surface area contributed by atoms with Gasteiger partial charge in [-0.05, 0) is 56.6 Å². The fraction of sp³-hybridized carbons (Fsp3) is 0.250. The number of aromatic nitrogens is 1. The van der Waals surface area contributed by atoms with Crippen molar-refractivity contribution in [1.29, 1.82) is 5.26 Å². The number of nitriles is 1. The van der Waals surface area contributed by atoms with Gasteiger partial charge in [0.1, 0.15) is 0 Å². The van der Waals surface area contributed by atoms with E-state index in [1.165, 1.54) is 17.4 Å². The Balaban J connectivity index is 0.00000320. The minimum absolute atomic E-state index is 0. The van der Waals surface area contributed by atoms with Gasteiger partial charge >= 0.3 is 0 Å². The number of fused-ring (bicyclic) bond motifs is 1. The molecule has 3 aromatic rings. The third kappa shape index (κ3) is 5.34. The van der Waals surface area contributed by atoms with Crippen LogP contribution in [-0.2, 0) is 9.84 Å². The molecule has 0 saturated heterocycles. The van der Waals surface area contributed by atoms with Crippen molar-refractivity contribution < 1.29 is 13.2 Å². The predicted molar refractivity (Wildman–Crippen MR) is 121 cm³/mol. The van der Waals surface area contributed by atoms with E-state index in [2.05, 4.69) is 4.98 Å². The summed E-state index contributed by atoms with van der Waals surface area (Å²) in [6.07, 6.45) is 1.16. The summed E-state index contributed by atoms with van der Waals surface area (Å²) in [5.74, 6) is -0.223. The lowest BCUT2D eigenvalue weighted by Crippen LogP contribution is -2.36. The number of hydrogen-bond donors (Lipinski definition) is 0. The quantitative estimate of drug-likeness (QED) is 0.556. The topological polar surface area (TPSA) is 94.4 Å². The molecule has 1 aromatic heterocycles. The van der Waals surface area contributed by atoms with Gasteiger partial charge in [0.2, 0.25) is 0 Å². The van der Waals surface area contributed by atoms with Crippen molar-refractivity contribution in [3.8, 4) is 6.07 Å². The van der Waals surface area contributed by atoms with E-state index in [9.17, 15) is 13.2 Å². The molecular weight excluding hydrogens is 444 g/mol. The van der Waals surface area contributed by atoms with Crippen LogP contribution in [-0.4, -0.2) is 57.6 Å². The second-order valence-corrected chi connectivity index (χ2v) is 9.87. The number of anilines is 1. The molecule has 158 valence electrons. The Morgan fingerprint density at radius 3 is 2.37 bits per heavy atom. The number of sulfone groups is 1. The van der Waals surface area contributed by atoms with Crippen LogP contribution in [0, 0.1) is 11.3 Å². The first kappa shape index (κ1) is 23.8. The molecule has 0 atom stereocenters. The van der Waals surface area contributed by atoms with E-state index in [0.717, 1.165) is 6.26 Å². The lowest BCUT2D eigenvalue weighted by Gasteiger charge is -2.22. The van der Waals surface area contributed by atoms with Crippen LogP contribution in [0.5, 0.6) is 0 Å². The number of nitrogens with zero attached hydrogens (tertiary/aromatic N) is 4. The molecule has 0 N–H and O–H groups in total. The first-order valence-corrected chi connectivity index (χ1v) is 11.5. The van der Waals surface area contributed by atoms with Gasteiger partial charge in [0.25, 0.3) is 5.91 Å². The summed E-state index contributed by atoms with van der Waals surface area (Å²) >= 11 is 1.28. The monoisotopic (exact) mass is 464 g/mol. The molecule has 0 aliphatic heterocycles. The zero-order valence-electron chi connectivity index (χ0n) is 16.7. The fourth-order valence-electron chi connectivity index (χ4n) is 2.67. The molecular formula is C20H21ClN4O3S2. The zero-order chi connectivity index (χ0) is 21.2. The number of thiazole rings is 1. The van der Waals surface area contributed by atoms with E-state index in [1.807, 2.05) is 25.1 Å². The molecule has 0 fully saturated rings. The van der Waals surface area contributed by atoms with E-state index >= 15 is 0 Å². The normalized spacial score (nSPS) is 11.2. The standard InChI is InChI=1S/C20H20N4O3S2.ClH/c1-23(2)10-11-24(19(25)15-6-4-14(13-21)5-7-15)20-22-17-9-8-16(29(3,26)27)12-18(17)28-20;/h4-9,12H,10-11H2,1-3H3;1H. The Bertz CT molecular complexity index is 1200. The summed E-state index contributed by atoms with van der Waals surface area (Å²) in [6.45, 7) is 1.05. The van der Waals surface area contributed by atoms with Crippen LogP contribution in [0.15, 0.2) is 47.4 Å². The molecule has 1 heterocycles. The van der Waals surface area contributed by atoms with Crippen LogP contribution in [0.1, 0.15) is 15.9 Å². The highest BCUT2D eigenvalue weighted by atomic mass is 35.5. The van der Waals surface area contributed by atoms with Crippen LogP contribution in [0.2, 0.25) is 0 Å². The molecule has 0 aliphatic rings. The minimum Gasteiger partial charge on any atom is -0.308 e. The maximum atomic E-state index is 13.2. The summed E-state index contributed by atoms with van der Waals surface area (Å²) in [5, 5.41) is 9.46. The molecule has 0 unspecified atom stereocenters. The van der Waals surface area contributed by atoms with E-state index in [0.29, 0.717) is 39.6 Å². The molecule has 30 heavy (non-hydrogen) atoms. The van der Waals surface area contributed by atoms with Crippen molar-refractivity contribution in [3.05, 3.63) is 53.6 Å². The predicted octanol–water partition coefficient (Wildman–Crippen LogP) is 3.20. The van der Waals surface area contributed by atoms with Crippen LogP contribution < -0.4 is 4.90 Å². The molecule has 3 rings (SSSR count). The minimum atomic E-state index is -3.33. The summed E-state index contributed by atoms with van der Waals surface area (Å²) in [6, 6.07) is 13.3. The summed E-state index contributed by atoms with van der Waals surface area (Å²) in [7, 11) is 0.508. The Hall–Kier alpha value is -2.51. The number of hydrogen-bond acceptors (Lipinski definition) is 7. The van der Waals surface area contributed by atoms with Crippen LogP contribution in [0.25, 0.3) is 10.2 Å². The second kappa shape index (κ2) is 9.53. The molecule has 10 heteroatoms. The molecule has 2 aromatic carbocycles. The molecule has 1 amide bonds. The number of carbonyl (C=O) groups is 1. The van der Waals surface area contributed by atoms with E-state index in [4.69, 9.17) is 5.26 Å². The summed E-state index contributed by atoms with van der Waals surface area (Å²) in [5.41, 5.74) is 1.58. The number of carbonyl (C=O) groups excluding carboxylic acids is 1. The smallest absolute Gasteiger partial charge is 0.260 e. The molecule has 0 saturated carbocycles. The maximum absolute atomic E-state index is 13.2. The van der Waals surface area contributed by atoms with Gasteiger partial charge in [-0.1, -0.05) is 11.3 Å². The second-order valence-electron chi connectivity index (χ2n) is 6.85. The molecule has 0 radical (unpaired) electrons. The lowest BCUT2D eigenvalue weighted by atomic mass is 10.1. The maximum Gasteiger partial charge on any atom is 0.260 e. The zero-order valence-corrected chi connectivity index (χ0v) is 19.1. The van der Waals surface area contributed by atoms with Gasteiger partial charge in [0.15, 0.2) is 15.0 Å². The van der Waals surface area contributed by atoms with E-state index in [-0.39, 0.29) is 23.2 Å². The van der Waals surface area contributed by atoms with Gasteiger partial charge in [-0.3, -0.25) is 9.69 Å². The van der Waals surface area contributed by atoms with Crippen molar-refractivity contribution in [1.82, 2.24) is 9.88 Å². The average molecular weight is 465 g/mol. The average Bonchev–Trinajstić information content (AvgIpc) is 3.10. The van der Waals surface area contributed by atoms with Crippen LogP contribution >= 0.6 is 23.7 Å². The van der Waals surface area contributed by atoms with Crippen molar-refractivity contribution in [2.45, 2.75) is 4.90 Å². The van der Waals surface area contributed by atoms with Crippen LogP contribution in [0.4, 0.5) is 5.13 Å². The van der Waals surface area contributed by atoms with Crippen molar-refractivity contribution >= 4 is 54.8 Å². The Kier molecular flexibility index (Phi) is 7.55. The molecule has 0 bridgehead atoms. The number of likely N-dealkylation sites (N-methyl/N-ethyl adjacent to an activating group) is 1. The van der Waals surface area contributed by atoms with Crippen LogP contribution in [0.3, 0.4) is 0 Å². The molecule has 0 spiro atoms. The third-order valence-electron chi connectivity index (χ3n) is 4.28. The SMILES string of the molecule is CN(C)CCN(C(=O)c1ccc(C#N)cc1)c1nc2ccc(S(C)(=O)=O)cc2s1.Cl. The number of halogens is 1. The van der Waals surface area contributed by atoms with Gasteiger partial charge in [0.05, 0.1) is 26.7 Å². The van der Waals surface area contributed by atoms with Crippen molar-refractivity contribution in [3.63, 3.8) is 0 Å². The highest BCUT2D eigenvalue weighted by Crippen LogP contribution is 2.31. The Labute approximate surface area is 185 Å².